The second-order valence-corrected chi connectivity index (χ2v) is 12.2. The van der Waals surface area contributed by atoms with Crippen molar-refractivity contribution < 1.29 is 14.3 Å². The number of Topliss-reactive ketones (excluding diaryl/α,β-unsaturated/α-hetero) is 1. The Morgan fingerprint density at radius 3 is 2.61 bits per heavy atom. The number of hydrogen-bond acceptors (Lipinski definition) is 3. The summed E-state index contributed by atoms with van der Waals surface area (Å²) in [4.78, 5) is 13.1. The molecule has 0 unspecified atom stereocenters. The predicted molar refractivity (Wildman–Crippen MR) is 94.0 cm³/mol. The van der Waals surface area contributed by atoms with Crippen LogP contribution in [0.15, 0.2) is 23.8 Å². The van der Waals surface area contributed by atoms with Gasteiger partial charge >= 0.3 is 0 Å². The van der Waals surface area contributed by atoms with E-state index in [9.17, 15) is 9.90 Å². The Kier molecular flexibility index (Phi) is 4.73. The Morgan fingerprint density at radius 2 is 1.96 bits per heavy atom. The standard InChI is InChI=1S/C19H24O3Si/c1-18(2,3)23(4,5)22-19-13-9-7-6-8-12-16(20)15(17(19)21)11-10-14-19/h6-7,11,16,20H,10,14H2,1-5H3/b7-6-/t16-,19-/m0/s1. The van der Waals surface area contributed by atoms with Crippen molar-refractivity contribution in [3.63, 3.8) is 0 Å². The molecule has 4 heteroatoms. The van der Waals surface area contributed by atoms with Crippen LogP contribution in [0.1, 0.15) is 33.6 Å². The summed E-state index contributed by atoms with van der Waals surface area (Å²) in [7, 11) is -2.21. The SMILES string of the molecule is CC(C)(C)[Si](C)(C)O[C@@]12C#C/C=C\C#C[C@H](O)C(=CCC1)C2=O. The average molecular weight is 328 g/mol. The number of rotatable bonds is 2. The molecule has 2 bridgehead atoms. The van der Waals surface area contributed by atoms with Crippen molar-refractivity contribution in [2.75, 3.05) is 0 Å². The number of ketones is 1. The van der Waals surface area contributed by atoms with Crippen LogP contribution >= 0.6 is 0 Å². The molecule has 2 aliphatic carbocycles. The van der Waals surface area contributed by atoms with E-state index >= 15 is 0 Å². The summed E-state index contributed by atoms with van der Waals surface area (Å²) in [5.74, 6) is 11.1. The maximum atomic E-state index is 13.1. The van der Waals surface area contributed by atoms with Crippen molar-refractivity contribution >= 4 is 14.1 Å². The Morgan fingerprint density at radius 1 is 1.30 bits per heavy atom. The number of allylic oxidation sites excluding steroid dienone is 3. The summed E-state index contributed by atoms with van der Waals surface area (Å²) >= 11 is 0. The van der Waals surface area contributed by atoms with Gasteiger partial charge in [-0.15, -0.1) is 0 Å². The maximum absolute atomic E-state index is 13.1. The molecule has 122 valence electrons. The quantitative estimate of drug-likeness (QED) is 0.626. The second-order valence-electron chi connectivity index (χ2n) is 7.51. The molecule has 0 heterocycles. The molecule has 23 heavy (non-hydrogen) atoms. The third-order valence-corrected chi connectivity index (χ3v) is 9.24. The molecule has 0 radical (unpaired) electrons. The Bertz CT molecular complexity index is 686. The normalized spacial score (nSPS) is 28.7. The van der Waals surface area contributed by atoms with Crippen LogP contribution in [0.4, 0.5) is 0 Å². The molecule has 0 amide bonds. The van der Waals surface area contributed by atoms with Gasteiger partial charge in [0.1, 0.15) is 6.10 Å². The van der Waals surface area contributed by atoms with Gasteiger partial charge in [-0.2, -0.15) is 0 Å². The third-order valence-electron chi connectivity index (χ3n) is 4.76. The summed E-state index contributed by atoms with van der Waals surface area (Å²) in [5, 5.41) is 10.2. The zero-order valence-electron chi connectivity index (χ0n) is 14.5. The van der Waals surface area contributed by atoms with Crippen LogP contribution in [0, 0.1) is 23.7 Å². The molecule has 2 rings (SSSR count). The minimum Gasteiger partial charge on any atom is -0.395 e. The van der Waals surface area contributed by atoms with E-state index in [4.69, 9.17) is 4.43 Å². The van der Waals surface area contributed by atoms with Crippen molar-refractivity contribution in [1.29, 1.82) is 0 Å². The van der Waals surface area contributed by atoms with Crippen molar-refractivity contribution in [1.82, 2.24) is 0 Å². The highest BCUT2D eigenvalue weighted by atomic mass is 28.4. The summed E-state index contributed by atoms with van der Waals surface area (Å²) in [6.07, 6.45) is 5.03. The lowest BCUT2D eigenvalue weighted by Gasteiger charge is -2.44. The fourth-order valence-corrected chi connectivity index (χ4v) is 3.81. The van der Waals surface area contributed by atoms with Gasteiger partial charge in [-0.05, 0) is 43.1 Å². The van der Waals surface area contributed by atoms with E-state index in [1.54, 1.807) is 18.2 Å². The van der Waals surface area contributed by atoms with Crippen LogP contribution in [-0.4, -0.2) is 30.9 Å². The van der Waals surface area contributed by atoms with Gasteiger partial charge in [0.05, 0.1) is 0 Å². The number of aliphatic hydroxyl groups is 1. The highest BCUT2D eigenvalue weighted by Gasteiger charge is 2.50. The van der Waals surface area contributed by atoms with Gasteiger partial charge in [0.2, 0.25) is 5.78 Å². The number of aliphatic hydroxyl groups excluding tert-OH is 1. The zero-order chi connectivity index (χ0) is 17.3. The van der Waals surface area contributed by atoms with E-state index in [2.05, 4.69) is 57.5 Å². The molecule has 2 aliphatic rings. The van der Waals surface area contributed by atoms with Gasteiger partial charge in [-0.25, -0.2) is 0 Å². The molecular weight excluding hydrogens is 304 g/mol. The van der Waals surface area contributed by atoms with Crippen molar-refractivity contribution in [2.24, 2.45) is 0 Å². The summed E-state index contributed by atoms with van der Waals surface area (Å²) in [6, 6.07) is 0. The molecule has 0 aliphatic heterocycles. The van der Waals surface area contributed by atoms with E-state index in [-0.39, 0.29) is 10.8 Å². The van der Waals surface area contributed by atoms with Crippen molar-refractivity contribution in [3.8, 4) is 23.7 Å². The Labute approximate surface area is 139 Å². The molecule has 0 aromatic rings. The topological polar surface area (TPSA) is 46.5 Å². The van der Waals surface area contributed by atoms with Crippen molar-refractivity contribution in [2.45, 2.75) is 63.5 Å². The largest absolute Gasteiger partial charge is 0.395 e. The van der Waals surface area contributed by atoms with E-state index in [0.717, 1.165) is 0 Å². The van der Waals surface area contributed by atoms with Crippen LogP contribution in [0.2, 0.25) is 18.1 Å². The smallest absolute Gasteiger partial charge is 0.205 e. The van der Waals surface area contributed by atoms with Crippen LogP contribution in [0.25, 0.3) is 0 Å². The minimum atomic E-state index is -2.21. The van der Waals surface area contributed by atoms with E-state index in [1.165, 1.54) is 0 Å². The molecule has 0 spiro atoms. The number of carbonyl (C=O) groups excluding carboxylic acids is 1. The lowest BCUT2D eigenvalue weighted by atomic mass is 9.81. The van der Waals surface area contributed by atoms with Crippen LogP contribution < -0.4 is 0 Å². The monoisotopic (exact) mass is 328 g/mol. The highest BCUT2D eigenvalue weighted by Crippen LogP contribution is 2.42. The van der Waals surface area contributed by atoms with Gasteiger partial charge in [0.25, 0.3) is 0 Å². The number of hydrogen-bond donors (Lipinski definition) is 1. The first-order valence-corrected chi connectivity index (χ1v) is 10.8. The maximum Gasteiger partial charge on any atom is 0.205 e. The first-order valence-electron chi connectivity index (χ1n) is 7.91. The van der Waals surface area contributed by atoms with Crippen molar-refractivity contribution in [3.05, 3.63) is 23.8 Å². The Balaban J connectivity index is 2.52. The Hall–Kier alpha value is -1.59. The fourth-order valence-electron chi connectivity index (χ4n) is 2.38. The fraction of sp³-hybridized carbons (Fsp3) is 0.526. The summed E-state index contributed by atoms with van der Waals surface area (Å²) in [5.41, 5.74) is -0.857. The molecule has 1 N–H and O–H groups in total. The van der Waals surface area contributed by atoms with Gasteiger partial charge in [-0.3, -0.25) is 4.79 Å². The van der Waals surface area contributed by atoms with Gasteiger partial charge in [-0.1, -0.05) is 50.5 Å². The van der Waals surface area contributed by atoms with Crippen LogP contribution in [0.3, 0.4) is 0 Å². The van der Waals surface area contributed by atoms with Crippen LogP contribution in [0.5, 0.6) is 0 Å². The predicted octanol–water partition coefficient (Wildman–Crippen LogP) is 2.97. The van der Waals surface area contributed by atoms with Gasteiger partial charge < -0.3 is 9.53 Å². The number of fused-ring (bicyclic) bond motifs is 2. The van der Waals surface area contributed by atoms with E-state index in [0.29, 0.717) is 18.4 Å². The highest BCUT2D eigenvalue weighted by molar-refractivity contribution is 6.74. The lowest BCUT2D eigenvalue weighted by Crippen LogP contribution is -2.55. The second kappa shape index (κ2) is 6.13. The van der Waals surface area contributed by atoms with E-state index in [1.807, 2.05) is 0 Å². The molecular formula is C19H24O3Si. The molecule has 0 saturated heterocycles. The first-order chi connectivity index (χ1) is 10.6. The first kappa shape index (κ1) is 17.8. The molecule has 0 saturated carbocycles. The number of carbonyl (C=O) groups is 1. The summed E-state index contributed by atoms with van der Waals surface area (Å²) in [6.45, 7) is 10.6. The zero-order valence-corrected chi connectivity index (χ0v) is 15.5. The van der Waals surface area contributed by atoms with Crippen LogP contribution in [-0.2, 0) is 9.22 Å². The molecule has 0 aromatic carbocycles. The van der Waals surface area contributed by atoms with Gasteiger partial charge in [0, 0.05) is 5.57 Å². The lowest BCUT2D eigenvalue weighted by molar-refractivity contribution is -0.128. The molecule has 0 fully saturated rings. The molecule has 2 atom stereocenters. The minimum absolute atomic E-state index is 0.0331. The molecule has 3 nitrogen and oxygen atoms in total. The average Bonchev–Trinajstić information content (AvgIpc) is 2.42. The third kappa shape index (κ3) is 3.51. The van der Waals surface area contributed by atoms with Gasteiger partial charge in [0.15, 0.2) is 13.9 Å². The molecule has 0 aromatic heterocycles. The summed E-state index contributed by atoms with van der Waals surface area (Å²) < 4.78 is 6.48. The van der Waals surface area contributed by atoms with E-state index < -0.39 is 20.0 Å².